The molecule has 0 spiro atoms. The van der Waals surface area contributed by atoms with Crippen molar-refractivity contribution in [1.29, 1.82) is 0 Å². The van der Waals surface area contributed by atoms with Gasteiger partial charge in [-0.2, -0.15) is 0 Å². The molecular formula is C14H15BrClN3. The Bertz CT molecular complexity index is 574. The largest absolute Gasteiger partial charge is 0.354 e. The van der Waals surface area contributed by atoms with E-state index in [9.17, 15) is 0 Å². The predicted octanol–water partition coefficient (Wildman–Crippen LogP) is 3.59. The van der Waals surface area contributed by atoms with E-state index in [2.05, 4.69) is 33.0 Å². The van der Waals surface area contributed by atoms with Gasteiger partial charge in [-0.25, -0.2) is 4.98 Å². The fourth-order valence-electron chi connectivity index (χ4n) is 1.88. The van der Waals surface area contributed by atoms with E-state index in [1.165, 1.54) is 5.56 Å². The van der Waals surface area contributed by atoms with Crippen molar-refractivity contribution in [3.63, 3.8) is 0 Å². The summed E-state index contributed by atoms with van der Waals surface area (Å²) in [5, 5.41) is 0.627. The van der Waals surface area contributed by atoms with Gasteiger partial charge < -0.3 is 10.6 Å². The molecule has 0 radical (unpaired) electrons. The van der Waals surface area contributed by atoms with Crippen molar-refractivity contribution in [2.75, 3.05) is 11.9 Å². The van der Waals surface area contributed by atoms with Crippen molar-refractivity contribution in [2.45, 2.75) is 13.1 Å². The molecule has 2 aromatic rings. The van der Waals surface area contributed by atoms with Crippen LogP contribution in [0.1, 0.15) is 11.1 Å². The van der Waals surface area contributed by atoms with Crippen molar-refractivity contribution in [2.24, 2.45) is 5.73 Å². The SMILES string of the molecule is CN(Cc1cccc(Br)c1)c1nccc(CN)c1Cl. The Morgan fingerprint density at radius 1 is 1.37 bits per heavy atom. The lowest BCUT2D eigenvalue weighted by atomic mass is 10.2. The van der Waals surface area contributed by atoms with Gasteiger partial charge in [0.1, 0.15) is 5.82 Å². The van der Waals surface area contributed by atoms with Crippen molar-refractivity contribution in [1.82, 2.24) is 4.98 Å². The van der Waals surface area contributed by atoms with E-state index in [-0.39, 0.29) is 0 Å². The van der Waals surface area contributed by atoms with E-state index >= 15 is 0 Å². The van der Waals surface area contributed by atoms with Crippen LogP contribution in [0.4, 0.5) is 5.82 Å². The molecule has 1 heterocycles. The number of hydrogen-bond donors (Lipinski definition) is 1. The summed E-state index contributed by atoms with van der Waals surface area (Å²) in [7, 11) is 1.97. The Morgan fingerprint density at radius 3 is 2.84 bits per heavy atom. The first-order valence-electron chi connectivity index (χ1n) is 5.91. The minimum absolute atomic E-state index is 0.416. The summed E-state index contributed by atoms with van der Waals surface area (Å²) in [5.74, 6) is 0.754. The Balaban J connectivity index is 2.23. The molecular weight excluding hydrogens is 326 g/mol. The fraction of sp³-hybridized carbons (Fsp3) is 0.214. The summed E-state index contributed by atoms with van der Waals surface area (Å²) in [4.78, 5) is 6.35. The van der Waals surface area contributed by atoms with Gasteiger partial charge in [0.15, 0.2) is 0 Å². The number of nitrogens with two attached hydrogens (primary N) is 1. The van der Waals surface area contributed by atoms with Gasteiger partial charge in [-0.15, -0.1) is 0 Å². The summed E-state index contributed by atoms with van der Waals surface area (Å²) < 4.78 is 1.06. The van der Waals surface area contributed by atoms with Gasteiger partial charge in [-0.1, -0.05) is 39.7 Å². The maximum atomic E-state index is 6.31. The minimum Gasteiger partial charge on any atom is -0.354 e. The van der Waals surface area contributed by atoms with Crippen LogP contribution in [0.3, 0.4) is 0 Å². The molecule has 0 aliphatic carbocycles. The van der Waals surface area contributed by atoms with Crippen LogP contribution in [0.25, 0.3) is 0 Å². The first-order valence-corrected chi connectivity index (χ1v) is 7.08. The highest BCUT2D eigenvalue weighted by molar-refractivity contribution is 9.10. The summed E-state index contributed by atoms with van der Waals surface area (Å²) >= 11 is 9.78. The first kappa shape index (κ1) is 14.3. The first-order chi connectivity index (χ1) is 9.11. The van der Waals surface area contributed by atoms with Gasteiger partial charge in [0, 0.05) is 30.8 Å². The van der Waals surface area contributed by atoms with E-state index in [0.29, 0.717) is 11.6 Å². The maximum absolute atomic E-state index is 6.31. The number of aromatic nitrogens is 1. The highest BCUT2D eigenvalue weighted by Gasteiger charge is 2.11. The second-order valence-electron chi connectivity index (χ2n) is 4.30. The molecule has 2 rings (SSSR count). The second-order valence-corrected chi connectivity index (χ2v) is 5.59. The molecule has 100 valence electrons. The lowest BCUT2D eigenvalue weighted by Crippen LogP contribution is -2.18. The zero-order valence-corrected chi connectivity index (χ0v) is 12.9. The van der Waals surface area contributed by atoms with Gasteiger partial charge >= 0.3 is 0 Å². The molecule has 0 saturated carbocycles. The summed E-state index contributed by atoms with van der Waals surface area (Å²) in [6.07, 6.45) is 1.74. The Morgan fingerprint density at radius 2 is 2.16 bits per heavy atom. The van der Waals surface area contributed by atoms with Gasteiger partial charge in [0.25, 0.3) is 0 Å². The third kappa shape index (κ3) is 3.47. The third-order valence-corrected chi connectivity index (χ3v) is 3.75. The van der Waals surface area contributed by atoms with Crippen LogP contribution in [-0.2, 0) is 13.1 Å². The number of pyridine rings is 1. The number of hydrogen-bond acceptors (Lipinski definition) is 3. The minimum atomic E-state index is 0.416. The standard InChI is InChI=1S/C14H15BrClN3/c1-19(9-10-3-2-4-12(15)7-10)14-13(16)11(8-17)5-6-18-14/h2-7H,8-9,17H2,1H3. The van der Waals surface area contributed by atoms with Crippen LogP contribution < -0.4 is 10.6 Å². The average Bonchev–Trinajstić information content (AvgIpc) is 2.39. The quantitative estimate of drug-likeness (QED) is 0.925. The third-order valence-electron chi connectivity index (χ3n) is 2.84. The molecule has 0 amide bonds. The Kier molecular flexibility index (Phi) is 4.80. The van der Waals surface area contributed by atoms with Gasteiger partial charge in [-0.05, 0) is 29.3 Å². The van der Waals surface area contributed by atoms with E-state index in [0.717, 1.165) is 22.4 Å². The van der Waals surface area contributed by atoms with Gasteiger partial charge in [-0.3, -0.25) is 0 Å². The zero-order chi connectivity index (χ0) is 13.8. The number of anilines is 1. The molecule has 5 heteroatoms. The lowest BCUT2D eigenvalue weighted by molar-refractivity contribution is 0.892. The van der Waals surface area contributed by atoms with Crippen LogP contribution >= 0.6 is 27.5 Å². The van der Waals surface area contributed by atoms with Crippen LogP contribution in [0.5, 0.6) is 0 Å². The van der Waals surface area contributed by atoms with E-state index in [4.69, 9.17) is 17.3 Å². The van der Waals surface area contributed by atoms with Crippen molar-refractivity contribution >= 4 is 33.3 Å². The highest BCUT2D eigenvalue weighted by Crippen LogP contribution is 2.27. The van der Waals surface area contributed by atoms with Crippen molar-refractivity contribution in [3.05, 3.63) is 57.2 Å². The van der Waals surface area contributed by atoms with Crippen molar-refractivity contribution in [3.8, 4) is 0 Å². The molecule has 19 heavy (non-hydrogen) atoms. The zero-order valence-electron chi connectivity index (χ0n) is 10.6. The van der Waals surface area contributed by atoms with E-state index in [1.807, 2.05) is 30.1 Å². The van der Waals surface area contributed by atoms with Gasteiger partial charge in [0.05, 0.1) is 5.02 Å². The molecule has 0 fully saturated rings. The lowest BCUT2D eigenvalue weighted by Gasteiger charge is -2.20. The molecule has 0 saturated heterocycles. The predicted molar refractivity (Wildman–Crippen MR) is 83.4 cm³/mol. The molecule has 1 aromatic carbocycles. The summed E-state index contributed by atoms with van der Waals surface area (Å²) in [6, 6.07) is 10.0. The molecule has 3 nitrogen and oxygen atoms in total. The number of halogens is 2. The molecule has 1 aromatic heterocycles. The molecule has 0 aliphatic heterocycles. The van der Waals surface area contributed by atoms with E-state index in [1.54, 1.807) is 6.20 Å². The van der Waals surface area contributed by atoms with E-state index < -0.39 is 0 Å². The Labute approximate surface area is 126 Å². The average molecular weight is 341 g/mol. The fourth-order valence-corrected chi connectivity index (χ4v) is 2.66. The number of benzene rings is 1. The van der Waals surface area contributed by atoms with Crippen LogP contribution in [-0.4, -0.2) is 12.0 Å². The molecule has 2 N–H and O–H groups in total. The summed E-state index contributed by atoms with van der Waals surface area (Å²) in [6.45, 7) is 1.15. The second kappa shape index (κ2) is 6.37. The molecule has 0 aliphatic rings. The highest BCUT2D eigenvalue weighted by atomic mass is 79.9. The van der Waals surface area contributed by atoms with Crippen molar-refractivity contribution < 1.29 is 0 Å². The molecule has 0 atom stereocenters. The van der Waals surface area contributed by atoms with Crippen LogP contribution in [0.15, 0.2) is 41.0 Å². The maximum Gasteiger partial charge on any atom is 0.147 e. The topological polar surface area (TPSA) is 42.2 Å². The summed E-state index contributed by atoms with van der Waals surface area (Å²) in [5.41, 5.74) is 7.75. The van der Waals surface area contributed by atoms with Gasteiger partial charge in [0.2, 0.25) is 0 Å². The van der Waals surface area contributed by atoms with Crippen LogP contribution in [0, 0.1) is 0 Å². The molecule has 0 unspecified atom stereocenters. The Hall–Kier alpha value is -1.10. The monoisotopic (exact) mass is 339 g/mol. The van der Waals surface area contributed by atoms with Crippen LogP contribution in [0.2, 0.25) is 5.02 Å². The normalized spacial score (nSPS) is 10.5. The molecule has 0 bridgehead atoms. The number of rotatable bonds is 4. The smallest absolute Gasteiger partial charge is 0.147 e. The number of nitrogens with zero attached hydrogens (tertiary/aromatic N) is 2.